The summed E-state index contributed by atoms with van der Waals surface area (Å²) < 4.78 is 16.4. The number of phenols is 4. The molecule has 1 aromatic heterocycles. The Kier molecular flexibility index (Phi) is 5.78. The van der Waals surface area contributed by atoms with Crippen molar-refractivity contribution in [2.24, 2.45) is 5.92 Å². The van der Waals surface area contributed by atoms with Gasteiger partial charge in [-0.15, -0.1) is 0 Å². The molecule has 4 rings (SSSR count). The maximum atomic E-state index is 13.3. The molecule has 8 N–H and O–H groups in total. The maximum Gasteiger partial charge on any atom is 0.239 e. The van der Waals surface area contributed by atoms with Crippen LogP contribution in [-0.2, 0) is 4.74 Å². The molecule has 0 bridgehead atoms. The number of hydrogen-bond acceptors (Lipinski definition) is 12. The maximum absolute atomic E-state index is 13.3. The quantitative estimate of drug-likeness (QED) is 0.233. The summed E-state index contributed by atoms with van der Waals surface area (Å²) >= 11 is 0. The monoisotopic (exact) mass is 464 g/mol. The summed E-state index contributed by atoms with van der Waals surface area (Å²) in [5.41, 5.74) is -1.17. The molecule has 0 spiro atoms. The summed E-state index contributed by atoms with van der Waals surface area (Å²) in [6.45, 7) is -0.761. The summed E-state index contributed by atoms with van der Waals surface area (Å²) in [5, 5.41) is 78.5. The predicted molar refractivity (Wildman–Crippen MR) is 109 cm³/mol. The van der Waals surface area contributed by atoms with Crippen molar-refractivity contribution in [3.8, 4) is 40.1 Å². The molecule has 0 unspecified atom stereocenters. The van der Waals surface area contributed by atoms with Crippen LogP contribution < -0.4 is 10.2 Å². The van der Waals surface area contributed by atoms with Crippen molar-refractivity contribution in [3.63, 3.8) is 0 Å². The Morgan fingerprint density at radius 1 is 0.909 bits per heavy atom. The third kappa shape index (κ3) is 3.90. The lowest BCUT2D eigenvalue weighted by Gasteiger charge is -2.39. The van der Waals surface area contributed by atoms with E-state index in [1.165, 1.54) is 6.07 Å². The summed E-state index contributed by atoms with van der Waals surface area (Å²) in [6.07, 6.45) is -6.99. The largest absolute Gasteiger partial charge is 0.508 e. The Morgan fingerprint density at radius 3 is 2.30 bits per heavy atom. The van der Waals surface area contributed by atoms with Gasteiger partial charge >= 0.3 is 0 Å². The third-order valence-corrected chi connectivity index (χ3v) is 5.30. The SMILES string of the molecule is O=c1c(O[C@H]2O[C@H](O)[C@@H](O)[C@H](O)[C@H]2CO)c(-c2ccc(O)c(O)c2)oc2cc(O)cc(O)c12. The zero-order valence-corrected chi connectivity index (χ0v) is 16.7. The first-order valence-corrected chi connectivity index (χ1v) is 9.64. The predicted octanol–water partition coefficient (Wildman–Crippen LogP) is -0.334. The van der Waals surface area contributed by atoms with E-state index in [2.05, 4.69) is 0 Å². The Bertz CT molecular complexity index is 1250. The number of benzene rings is 2. The van der Waals surface area contributed by atoms with Crippen molar-refractivity contribution in [3.05, 3.63) is 40.6 Å². The van der Waals surface area contributed by atoms with Gasteiger partial charge in [0.05, 0.1) is 18.6 Å². The fourth-order valence-corrected chi connectivity index (χ4v) is 3.56. The van der Waals surface area contributed by atoms with E-state index < -0.39 is 71.5 Å². The van der Waals surface area contributed by atoms with Crippen LogP contribution in [0.3, 0.4) is 0 Å². The number of aliphatic hydroxyl groups excluding tert-OH is 4. The summed E-state index contributed by atoms with van der Waals surface area (Å²) in [4.78, 5) is 13.3. The molecular weight excluding hydrogens is 444 g/mol. The van der Waals surface area contributed by atoms with Crippen LogP contribution in [0.5, 0.6) is 28.7 Å². The van der Waals surface area contributed by atoms with Crippen molar-refractivity contribution < 1.29 is 54.7 Å². The van der Waals surface area contributed by atoms with E-state index in [0.29, 0.717) is 0 Å². The average molecular weight is 464 g/mol. The minimum Gasteiger partial charge on any atom is -0.508 e. The van der Waals surface area contributed by atoms with E-state index in [1.807, 2.05) is 0 Å². The van der Waals surface area contributed by atoms with Crippen LogP contribution in [0.2, 0.25) is 0 Å². The number of fused-ring (bicyclic) bond motifs is 1. The van der Waals surface area contributed by atoms with E-state index in [-0.39, 0.29) is 22.3 Å². The standard InChI is InChI=1S/C21H20O12/c22-6-9-15(27)17(29)20(30)33-21(9)32-19-16(28)14-12(26)4-8(23)5-13(14)31-18(19)7-1-2-10(24)11(25)3-7/h1-5,9,15,17,20-27,29-30H,6H2/t9-,15-,17+,20+,21+/m1/s1. The second-order valence-electron chi connectivity index (χ2n) is 7.47. The number of aliphatic hydroxyl groups is 4. The first-order valence-electron chi connectivity index (χ1n) is 9.64. The van der Waals surface area contributed by atoms with E-state index in [9.17, 15) is 45.6 Å². The molecule has 5 atom stereocenters. The van der Waals surface area contributed by atoms with Crippen molar-refractivity contribution >= 4 is 11.0 Å². The lowest BCUT2D eigenvalue weighted by Crippen LogP contribution is -2.57. The highest BCUT2D eigenvalue weighted by Gasteiger charge is 2.45. The zero-order valence-electron chi connectivity index (χ0n) is 16.7. The Labute approximate surface area is 184 Å². The molecule has 1 saturated heterocycles. The van der Waals surface area contributed by atoms with Crippen LogP contribution >= 0.6 is 0 Å². The molecule has 12 nitrogen and oxygen atoms in total. The van der Waals surface area contributed by atoms with Gasteiger partial charge in [0.2, 0.25) is 17.5 Å². The first kappa shape index (κ1) is 22.6. The third-order valence-electron chi connectivity index (χ3n) is 5.30. The van der Waals surface area contributed by atoms with Gasteiger partial charge in [0.25, 0.3) is 0 Å². The van der Waals surface area contributed by atoms with Gasteiger partial charge in [-0.2, -0.15) is 0 Å². The Balaban J connectivity index is 1.93. The van der Waals surface area contributed by atoms with Gasteiger partial charge in [-0.05, 0) is 18.2 Å². The first-order chi connectivity index (χ1) is 15.6. The van der Waals surface area contributed by atoms with Crippen LogP contribution in [0.1, 0.15) is 0 Å². The molecule has 1 aliphatic rings. The lowest BCUT2D eigenvalue weighted by molar-refractivity contribution is -0.312. The molecule has 0 aliphatic carbocycles. The number of phenolic OH excluding ortho intramolecular Hbond substituents is 4. The van der Waals surface area contributed by atoms with E-state index in [1.54, 1.807) is 0 Å². The lowest BCUT2D eigenvalue weighted by atomic mass is 9.94. The van der Waals surface area contributed by atoms with Gasteiger partial charge in [-0.1, -0.05) is 0 Å². The second-order valence-corrected chi connectivity index (χ2v) is 7.47. The highest BCUT2D eigenvalue weighted by Crippen LogP contribution is 2.39. The highest BCUT2D eigenvalue weighted by molar-refractivity contribution is 5.88. The van der Waals surface area contributed by atoms with Gasteiger partial charge in [-0.3, -0.25) is 4.79 Å². The smallest absolute Gasteiger partial charge is 0.239 e. The molecular formula is C21H20O12. The number of ether oxygens (including phenoxy) is 2. The number of rotatable bonds is 4. The summed E-state index contributed by atoms with van der Waals surface area (Å²) in [7, 11) is 0. The van der Waals surface area contributed by atoms with Gasteiger partial charge in [0.1, 0.15) is 28.6 Å². The van der Waals surface area contributed by atoms with Crippen molar-refractivity contribution in [2.45, 2.75) is 24.8 Å². The zero-order chi connectivity index (χ0) is 24.0. The molecule has 2 heterocycles. The topological polar surface area (TPSA) is 211 Å². The van der Waals surface area contributed by atoms with E-state index in [0.717, 1.165) is 24.3 Å². The minimum atomic E-state index is -1.91. The molecule has 33 heavy (non-hydrogen) atoms. The van der Waals surface area contributed by atoms with Crippen molar-refractivity contribution in [2.75, 3.05) is 6.61 Å². The molecule has 3 aromatic rings. The van der Waals surface area contributed by atoms with Crippen LogP contribution in [0.25, 0.3) is 22.3 Å². The molecule has 0 radical (unpaired) electrons. The molecule has 12 heteroatoms. The Hall–Kier alpha value is -3.55. The normalized spacial score (nSPS) is 25.3. The molecule has 0 amide bonds. The summed E-state index contributed by atoms with van der Waals surface area (Å²) in [6, 6.07) is 5.38. The van der Waals surface area contributed by atoms with Gasteiger partial charge in [0, 0.05) is 17.7 Å². The molecule has 176 valence electrons. The molecule has 2 aromatic carbocycles. The van der Waals surface area contributed by atoms with Gasteiger partial charge in [0.15, 0.2) is 23.5 Å². The summed E-state index contributed by atoms with van der Waals surface area (Å²) in [5.74, 6) is -4.30. The van der Waals surface area contributed by atoms with Crippen LogP contribution in [0.4, 0.5) is 0 Å². The van der Waals surface area contributed by atoms with E-state index >= 15 is 0 Å². The highest BCUT2D eigenvalue weighted by atomic mass is 16.7. The van der Waals surface area contributed by atoms with Crippen LogP contribution in [0.15, 0.2) is 39.5 Å². The molecule has 1 fully saturated rings. The molecule has 1 aliphatic heterocycles. The van der Waals surface area contributed by atoms with Crippen molar-refractivity contribution in [1.29, 1.82) is 0 Å². The van der Waals surface area contributed by atoms with Crippen LogP contribution in [-0.4, -0.2) is 72.2 Å². The molecule has 0 saturated carbocycles. The van der Waals surface area contributed by atoms with Gasteiger partial charge < -0.3 is 54.7 Å². The number of hydrogen-bond donors (Lipinski definition) is 8. The average Bonchev–Trinajstić information content (AvgIpc) is 2.75. The van der Waals surface area contributed by atoms with Crippen molar-refractivity contribution in [1.82, 2.24) is 0 Å². The fraction of sp³-hybridized carbons (Fsp3) is 0.286. The fourth-order valence-electron chi connectivity index (χ4n) is 3.56. The van der Waals surface area contributed by atoms with Gasteiger partial charge in [-0.25, -0.2) is 0 Å². The number of aromatic hydroxyl groups is 4. The second kappa shape index (κ2) is 8.42. The van der Waals surface area contributed by atoms with Crippen LogP contribution in [0, 0.1) is 5.92 Å². The Morgan fingerprint density at radius 2 is 1.64 bits per heavy atom. The van der Waals surface area contributed by atoms with E-state index in [4.69, 9.17) is 13.9 Å². The minimum absolute atomic E-state index is 0.0274.